The van der Waals surface area contributed by atoms with Gasteiger partial charge in [0, 0.05) is 24.2 Å². The van der Waals surface area contributed by atoms with Crippen molar-refractivity contribution in [2.45, 2.75) is 39.2 Å². The Morgan fingerprint density at radius 2 is 2.10 bits per heavy atom. The van der Waals surface area contributed by atoms with Crippen molar-refractivity contribution in [2.24, 2.45) is 5.92 Å². The van der Waals surface area contributed by atoms with E-state index < -0.39 is 0 Å². The molecule has 0 unspecified atom stereocenters. The lowest BCUT2D eigenvalue weighted by Crippen LogP contribution is -2.28. The first-order valence-electron chi connectivity index (χ1n) is 7.56. The molecule has 0 amide bonds. The van der Waals surface area contributed by atoms with Gasteiger partial charge in [-0.3, -0.25) is 4.98 Å². The number of anilines is 2. The molecule has 3 rings (SSSR count). The molecule has 1 fully saturated rings. The average molecular weight is 269 g/mol. The minimum atomic E-state index is 0.685. The lowest BCUT2D eigenvalue weighted by atomic mass is 10.1. The maximum Gasteiger partial charge on any atom is 0.0724 e. The second-order valence-electron chi connectivity index (χ2n) is 6.18. The van der Waals surface area contributed by atoms with Crippen molar-refractivity contribution in [1.82, 2.24) is 4.98 Å². The summed E-state index contributed by atoms with van der Waals surface area (Å²) in [6.45, 7) is 5.65. The number of aromatic nitrogens is 1. The Morgan fingerprint density at radius 1 is 1.30 bits per heavy atom. The molecule has 20 heavy (non-hydrogen) atoms. The second-order valence-corrected chi connectivity index (χ2v) is 6.18. The molecule has 1 aromatic heterocycles. The number of benzene rings is 1. The van der Waals surface area contributed by atoms with Gasteiger partial charge in [-0.2, -0.15) is 0 Å². The maximum absolute atomic E-state index is 6.41. The summed E-state index contributed by atoms with van der Waals surface area (Å²) in [5.41, 5.74) is 9.46. The zero-order valence-electron chi connectivity index (χ0n) is 12.3. The van der Waals surface area contributed by atoms with E-state index in [0.717, 1.165) is 29.1 Å². The number of pyridine rings is 1. The van der Waals surface area contributed by atoms with Gasteiger partial charge >= 0.3 is 0 Å². The first-order valence-corrected chi connectivity index (χ1v) is 7.56. The summed E-state index contributed by atoms with van der Waals surface area (Å²) in [5.74, 6) is 0.722. The van der Waals surface area contributed by atoms with Crippen LogP contribution in [0.3, 0.4) is 0 Å². The van der Waals surface area contributed by atoms with Gasteiger partial charge in [0.25, 0.3) is 0 Å². The van der Waals surface area contributed by atoms with E-state index in [4.69, 9.17) is 5.73 Å². The van der Waals surface area contributed by atoms with Crippen LogP contribution in [0.15, 0.2) is 30.5 Å². The number of rotatable bonds is 5. The van der Waals surface area contributed by atoms with Crippen molar-refractivity contribution >= 4 is 22.3 Å². The quantitative estimate of drug-likeness (QED) is 0.839. The summed E-state index contributed by atoms with van der Waals surface area (Å²) in [7, 11) is 0. The van der Waals surface area contributed by atoms with Crippen molar-refractivity contribution < 1.29 is 0 Å². The molecule has 0 saturated heterocycles. The first kappa shape index (κ1) is 13.2. The van der Waals surface area contributed by atoms with Crippen LogP contribution in [0.5, 0.6) is 0 Å². The fraction of sp³-hybridized carbons (Fsp3) is 0.471. The highest BCUT2D eigenvalue weighted by molar-refractivity contribution is 5.97. The molecule has 3 heteroatoms. The highest BCUT2D eigenvalue weighted by Gasteiger charge is 2.30. The molecule has 106 valence electrons. The Kier molecular flexibility index (Phi) is 3.51. The van der Waals surface area contributed by atoms with Crippen molar-refractivity contribution in [3.8, 4) is 0 Å². The van der Waals surface area contributed by atoms with E-state index in [0.29, 0.717) is 6.04 Å². The molecular formula is C17H23N3. The standard InChI is InChI=1S/C17H23N3/c1-12(2)9-11-20(13-5-6-13)16-8-7-15-14(17(16)18)4-3-10-19-15/h3-4,7-8,10,12-13H,5-6,9,11,18H2,1-2H3. The fourth-order valence-corrected chi connectivity index (χ4v) is 2.70. The Hall–Kier alpha value is -1.77. The summed E-state index contributed by atoms with van der Waals surface area (Å²) < 4.78 is 0. The van der Waals surface area contributed by atoms with Gasteiger partial charge in [-0.15, -0.1) is 0 Å². The number of nitrogens with two attached hydrogens (primary N) is 1. The zero-order chi connectivity index (χ0) is 14.1. The van der Waals surface area contributed by atoms with E-state index in [2.05, 4.69) is 41.9 Å². The van der Waals surface area contributed by atoms with Crippen LogP contribution in [-0.2, 0) is 0 Å². The fourth-order valence-electron chi connectivity index (χ4n) is 2.70. The van der Waals surface area contributed by atoms with Crippen LogP contribution < -0.4 is 10.6 Å². The van der Waals surface area contributed by atoms with Crippen LogP contribution in [0.4, 0.5) is 11.4 Å². The number of fused-ring (bicyclic) bond motifs is 1. The lowest BCUT2D eigenvalue weighted by molar-refractivity contribution is 0.571. The summed E-state index contributed by atoms with van der Waals surface area (Å²) in [4.78, 5) is 6.88. The number of nitrogens with zero attached hydrogens (tertiary/aromatic N) is 2. The predicted molar refractivity (Wildman–Crippen MR) is 86.0 cm³/mol. The van der Waals surface area contributed by atoms with Crippen LogP contribution in [0.1, 0.15) is 33.1 Å². The van der Waals surface area contributed by atoms with Crippen LogP contribution in [-0.4, -0.2) is 17.6 Å². The summed E-state index contributed by atoms with van der Waals surface area (Å²) >= 11 is 0. The van der Waals surface area contributed by atoms with E-state index in [9.17, 15) is 0 Å². The highest BCUT2D eigenvalue weighted by Crippen LogP contribution is 2.37. The SMILES string of the molecule is CC(C)CCN(c1ccc2ncccc2c1N)C1CC1. The Bertz CT molecular complexity index is 602. The van der Waals surface area contributed by atoms with Gasteiger partial charge in [-0.25, -0.2) is 0 Å². The van der Waals surface area contributed by atoms with Gasteiger partial charge in [0.15, 0.2) is 0 Å². The van der Waals surface area contributed by atoms with Crippen LogP contribution in [0.2, 0.25) is 0 Å². The maximum atomic E-state index is 6.41. The molecule has 1 aliphatic rings. The van der Waals surface area contributed by atoms with Gasteiger partial charge < -0.3 is 10.6 Å². The minimum Gasteiger partial charge on any atom is -0.396 e. The second kappa shape index (κ2) is 5.31. The molecule has 1 aromatic carbocycles. The van der Waals surface area contributed by atoms with Crippen molar-refractivity contribution in [1.29, 1.82) is 0 Å². The minimum absolute atomic E-state index is 0.685. The molecule has 2 N–H and O–H groups in total. The molecular weight excluding hydrogens is 246 g/mol. The lowest BCUT2D eigenvalue weighted by Gasteiger charge is -2.27. The molecule has 1 aliphatic carbocycles. The smallest absolute Gasteiger partial charge is 0.0724 e. The number of nitrogen functional groups attached to an aromatic ring is 1. The first-order chi connectivity index (χ1) is 9.66. The Morgan fingerprint density at radius 3 is 2.80 bits per heavy atom. The van der Waals surface area contributed by atoms with E-state index in [1.54, 1.807) is 0 Å². The summed E-state index contributed by atoms with van der Waals surface area (Å²) in [5, 5.41) is 1.07. The van der Waals surface area contributed by atoms with E-state index in [-0.39, 0.29) is 0 Å². The number of hydrogen-bond donors (Lipinski definition) is 1. The molecule has 0 radical (unpaired) electrons. The molecule has 0 aliphatic heterocycles. The Labute approximate surface area is 120 Å². The molecule has 0 atom stereocenters. The molecule has 0 bridgehead atoms. The molecule has 3 nitrogen and oxygen atoms in total. The van der Waals surface area contributed by atoms with E-state index >= 15 is 0 Å². The van der Waals surface area contributed by atoms with Crippen LogP contribution in [0.25, 0.3) is 10.9 Å². The third-order valence-electron chi connectivity index (χ3n) is 4.05. The van der Waals surface area contributed by atoms with Crippen molar-refractivity contribution in [3.63, 3.8) is 0 Å². The van der Waals surface area contributed by atoms with Gasteiger partial charge in [-0.1, -0.05) is 13.8 Å². The van der Waals surface area contributed by atoms with Gasteiger partial charge in [0.2, 0.25) is 0 Å². The molecule has 1 saturated carbocycles. The van der Waals surface area contributed by atoms with Crippen molar-refractivity contribution in [2.75, 3.05) is 17.2 Å². The largest absolute Gasteiger partial charge is 0.396 e. The van der Waals surface area contributed by atoms with Gasteiger partial charge in [0.05, 0.1) is 16.9 Å². The Balaban J connectivity index is 1.96. The van der Waals surface area contributed by atoms with Crippen LogP contribution in [0, 0.1) is 5.92 Å². The monoisotopic (exact) mass is 269 g/mol. The van der Waals surface area contributed by atoms with Crippen molar-refractivity contribution in [3.05, 3.63) is 30.5 Å². The average Bonchev–Trinajstić information content (AvgIpc) is 3.26. The van der Waals surface area contributed by atoms with E-state index in [1.165, 1.54) is 24.9 Å². The van der Waals surface area contributed by atoms with Crippen LogP contribution >= 0.6 is 0 Å². The topological polar surface area (TPSA) is 42.2 Å². The number of hydrogen-bond acceptors (Lipinski definition) is 3. The third-order valence-corrected chi connectivity index (χ3v) is 4.05. The highest BCUT2D eigenvalue weighted by atomic mass is 15.2. The third kappa shape index (κ3) is 2.58. The predicted octanol–water partition coefficient (Wildman–Crippen LogP) is 3.83. The van der Waals surface area contributed by atoms with E-state index in [1.807, 2.05) is 12.3 Å². The normalized spacial score (nSPS) is 14.9. The van der Waals surface area contributed by atoms with Gasteiger partial charge in [0.1, 0.15) is 0 Å². The summed E-state index contributed by atoms with van der Waals surface area (Å²) in [6.07, 6.45) is 5.62. The molecule has 0 spiro atoms. The summed E-state index contributed by atoms with van der Waals surface area (Å²) in [6, 6.07) is 8.94. The van der Waals surface area contributed by atoms with Gasteiger partial charge in [-0.05, 0) is 49.4 Å². The zero-order valence-corrected chi connectivity index (χ0v) is 12.3. The molecule has 2 aromatic rings. The molecule has 1 heterocycles.